The number of nitrogen functional groups attached to an aromatic ring is 1. The number of fused-ring (bicyclic) bond motifs is 1. The van der Waals surface area contributed by atoms with E-state index in [1.54, 1.807) is 11.5 Å². The van der Waals surface area contributed by atoms with Crippen LogP contribution in [0.1, 0.15) is 5.69 Å². The molecule has 2 aliphatic rings. The molecule has 2 amide bonds. The highest BCUT2D eigenvalue weighted by Gasteiger charge is 2.54. The number of β-lactam (4-membered cyclic amide) rings is 1. The quantitative estimate of drug-likeness (QED) is 0.159. The van der Waals surface area contributed by atoms with Gasteiger partial charge >= 0.3 is 5.97 Å². The molecule has 1 aromatic rings. The molecule has 0 radical (unpaired) electrons. The van der Waals surface area contributed by atoms with E-state index in [0.29, 0.717) is 17.2 Å². The lowest BCUT2D eigenvalue weighted by Crippen LogP contribution is -2.71. The van der Waals surface area contributed by atoms with Gasteiger partial charge in [-0.05, 0) is 5.41 Å². The summed E-state index contributed by atoms with van der Waals surface area (Å²) in [7, 11) is 0. The van der Waals surface area contributed by atoms with Crippen LogP contribution in [-0.4, -0.2) is 67.4 Å². The van der Waals surface area contributed by atoms with Gasteiger partial charge in [-0.1, -0.05) is 23.0 Å². The predicted octanol–water partition coefficient (Wildman–Crippen LogP) is -0.195. The number of anilines is 1. The van der Waals surface area contributed by atoms with E-state index in [9.17, 15) is 19.5 Å². The first-order valence-corrected chi connectivity index (χ1v) is 10.9. The number of carboxylic acid groups (broad SMARTS) is 1. The van der Waals surface area contributed by atoms with Crippen LogP contribution in [0.2, 0.25) is 0 Å². The Morgan fingerprint density at radius 2 is 2.28 bits per heavy atom. The number of carbonyl (C=O) groups is 3. The number of carboxylic acids is 1. The van der Waals surface area contributed by atoms with Gasteiger partial charge in [0.2, 0.25) is 0 Å². The maximum atomic E-state index is 12.6. The van der Waals surface area contributed by atoms with E-state index in [1.165, 1.54) is 28.9 Å². The third kappa shape index (κ3) is 4.10. The number of hydrogen-bond donors (Lipinski definition) is 5. The van der Waals surface area contributed by atoms with Crippen LogP contribution in [0, 0.1) is 0 Å². The van der Waals surface area contributed by atoms with E-state index in [4.69, 9.17) is 16.7 Å². The summed E-state index contributed by atoms with van der Waals surface area (Å²) in [6, 6.07) is -0.958. The average Bonchev–Trinajstić information content (AvgIpc) is 3.12. The lowest BCUT2D eigenvalue weighted by Gasteiger charge is -2.49. The first-order valence-electron chi connectivity index (χ1n) is 8.06. The highest BCUT2D eigenvalue weighted by atomic mass is 32.2. The lowest BCUT2D eigenvalue weighted by molar-refractivity contribution is -0.150. The number of nitrogens with zero attached hydrogens (tertiary/aromatic N) is 3. The molecule has 29 heavy (non-hydrogen) atoms. The largest absolute Gasteiger partial charge is 0.477 e. The number of amides is 2. The number of rotatable bonds is 7. The number of thioether (sulfide) groups is 2. The van der Waals surface area contributed by atoms with Gasteiger partial charge in [0, 0.05) is 22.6 Å². The van der Waals surface area contributed by atoms with E-state index in [-0.39, 0.29) is 22.2 Å². The van der Waals surface area contributed by atoms with E-state index in [2.05, 4.69) is 15.5 Å². The number of nitrogens with one attached hydrogen (secondary N) is 1. The fraction of sp³-hybridized carbons (Fsp3) is 0.267. The molecule has 0 aliphatic carbocycles. The molecule has 2 aliphatic heterocycles. The molecule has 1 fully saturated rings. The molecule has 1 aromatic heterocycles. The van der Waals surface area contributed by atoms with Crippen molar-refractivity contribution in [2.45, 2.75) is 11.4 Å². The van der Waals surface area contributed by atoms with E-state index in [0.717, 1.165) is 16.2 Å². The average molecular weight is 457 g/mol. The molecule has 3 rings (SSSR count). The maximum absolute atomic E-state index is 12.6. The number of aliphatic carboxylic acids is 1. The molecule has 2 atom stereocenters. The van der Waals surface area contributed by atoms with Gasteiger partial charge in [0.05, 0.1) is 0 Å². The summed E-state index contributed by atoms with van der Waals surface area (Å²) < 4.78 is 0. The van der Waals surface area contributed by atoms with Crippen molar-refractivity contribution in [2.75, 3.05) is 18.0 Å². The number of aromatic nitrogens is 1. The zero-order valence-electron chi connectivity index (χ0n) is 14.6. The summed E-state index contributed by atoms with van der Waals surface area (Å²) in [4.78, 5) is 42.3. The van der Waals surface area contributed by atoms with Gasteiger partial charge in [-0.15, -0.1) is 23.1 Å². The highest BCUT2D eigenvalue weighted by molar-refractivity contribution is 8.08. The van der Waals surface area contributed by atoms with Crippen molar-refractivity contribution in [3.05, 3.63) is 33.2 Å². The van der Waals surface area contributed by atoms with Gasteiger partial charge in [0.15, 0.2) is 10.8 Å². The van der Waals surface area contributed by atoms with Gasteiger partial charge in [0.25, 0.3) is 11.8 Å². The Morgan fingerprint density at radius 1 is 1.52 bits per heavy atom. The molecule has 0 unspecified atom stereocenters. The first-order chi connectivity index (χ1) is 13.9. The smallest absolute Gasteiger partial charge is 0.353 e. The zero-order chi connectivity index (χ0) is 21.1. The molecule has 14 heteroatoms. The number of oxime groups is 1. The molecule has 3 heterocycles. The van der Waals surface area contributed by atoms with Gasteiger partial charge < -0.3 is 27.1 Å². The summed E-state index contributed by atoms with van der Waals surface area (Å²) in [5.74, 6) is -2.26. The van der Waals surface area contributed by atoms with Crippen molar-refractivity contribution in [3.63, 3.8) is 0 Å². The van der Waals surface area contributed by atoms with Crippen LogP contribution < -0.4 is 16.8 Å². The van der Waals surface area contributed by atoms with E-state index in [1.807, 2.05) is 0 Å². The summed E-state index contributed by atoms with van der Waals surface area (Å²) in [5, 5.41) is 26.9. The third-order valence-electron chi connectivity index (χ3n) is 3.94. The molecule has 0 saturated carbocycles. The molecule has 0 spiro atoms. The second-order valence-electron chi connectivity index (χ2n) is 5.68. The summed E-state index contributed by atoms with van der Waals surface area (Å²) in [6.45, 7) is 0.314. The van der Waals surface area contributed by atoms with Crippen LogP contribution in [0.5, 0.6) is 0 Å². The Kier molecular flexibility index (Phi) is 6.46. The molecule has 1 saturated heterocycles. The Bertz CT molecular complexity index is 943. The van der Waals surface area contributed by atoms with Crippen LogP contribution >= 0.6 is 34.9 Å². The molecule has 0 aromatic carbocycles. The number of carbonyl (C=O) groups excluding carboxylic acids is 2. The minimum absolute atomic E-state index is 0.0731. The zero-order valence-corrected chi connectivity index (χ0v) is 17.1. The van der Waals surface area contributed by atoms with Crippen molar-refractivity contribution >= 4 is 63.5 Å². The van der Waals surface area contributed by atoms with Gasteiger partial charge in [0.1, 0.15) is 22.8 Å². The van der Waals surface area contributed by atoms with Crippen LogP contribution in [0.3, 0.4) is 0 Å². The summed E-state index contributed by atoms with van der Waals surface area (Å²) >= 11 is 3.57. The molecule has 154 valence electrons. The standard InChI is InChI=1S/C15H16N6O5S3/c16-2-1-3-27-7-5-28-13-9(12(23)21(13)10(7)14(24)25)19-11(22)8(20-26)6-4-29-15(17)18-6/h1,3-4,9,13,26H,2,5,16H2,(H2,17,18)(H,19,22)(H,24,25)/b3-1-,20-8-/t9-,13-/m1/s1. The molecular weight excluding hydrogens is 440 g/mol. The highest BCUT2D eigenvalue weighted by Crippen LogP contribution is 2.43. The topological polar surface area (TPSA) is 184 Å². The van der Waals surface area contributed by atoms with Crippen LogP contribution in [0.15, 0.2) is 32.6 Å². The van der Waals surface area contributed by atoms with Gasteiger partial charge in [-0.2, -0.15) is 0 Å². The summed E-state index contributed by atoms with van der Waals surface area (Å²) in [5.41, 5.74) is 10.5. The lowest BCUT2D eigenvalue weighted by atomic mass is 10.0. The van der Waals surface area contributed by atoms with Gasteiger partial charge in [-0.25, -0.2) is 9.78 Å². The second-order valence-corrected chi connectivity index (χ2v) is 8.68. The Balaban J connectivity index is 1.76. The van der Waals surface area contributed by atoms with Crippen molar-refractivity contribution in [1.82, 2.24) is 15.2 Å². The van der Waals surface area contributed by atoms with Crippen molar-refractivity contribution in [2.24, 2.45) is 10.9 Å². The normalized spacial score (nSPS) is 21.9. The monoisotopic (exact) mass is 456 g/mol. The fourth-order valence-corrected chi connectivity index (χ4v) is 5.57. The van der Waals surface area contributed by atoms with Crippen LogP contribution in [0.25, 0.3) is 0 Å². The van der Waals surface area contributed by atoms with Crippen molar-refractivity contribution in [1.29, 1.82) is 0 Å². The predicted molar refractivity (Wildman–Crippen MR) is 110 cm³/mol. The number of nitrogens with two attached hydrogens (primary N) is 2. The molecule has 0 bridgehead atoms. The second kappa shape index (κ2) is 8.86. The van der Waals surface area contributed by atoms with E-state index >= 15 is 0 Å². The molecular formula is C15H16N6O5S3. The summed E-state index contributed by atoms with van der Waals surface area (Å²) in [6.07, 6.45) is 1.68. The first kappa shape index (κ1) is 21.2. The van der Waals surface area contributed by atoms with Gasteiger partial charge in [-0.3, -0.25) is 14.5 Å². The Hall–Kier alpha value is -2.55. The Morgan fingerprint density at radius 3 is 2.86 bits per heavy atom. The minimum atomic E-state index is -1.23. The SMILES string of the molecule is NC/C=C\SC1=C(C(=O)O)N2C(=O)[C@@H](NC(=O)/C(=N\O)c3csc(N)n3)[C@H]2SC1. The fourth-order valence-electron chi connectivity index (χ4n) is 2.69. The van der Waals surface area contributed by atoms with Crippen LogP contribution in [-0.2, 0) is 14.4 Å². The van der Waals surface area contributed by atoms with Crippen molar-refractivity contribution < 1.29 is 24.7 Å². The van der Waals surface area contributed by atoms with Crippen LogP contribution in [0.4, 0.5) is 5.13 Å². The molecule has 7 N–H and O–H groups in total. The van der Waals surface area contributed by atoms with E-state index < -0.39 is 29.2 Å². The third-order valence-corrected chi connectivity index (χ3v) is 7.03. The van der Waals surface area contributed by atoms with Crippen molar-refractivity contribution in [3.8, 4) is 0 Å². The Labute approximate surface area is 176 Å². The number of thiazole rings is 1. The minimum Gasteiger partial charge on any atom is -0.477 e. The maximum Gasteiger partial charge on any atom is 0.353 e. The number of hydrogen-bond acceptors (Lipinski definition) is 11. The molecule has 11 nitrogen and oxygen atoms in total.